The van der Waals surface area contributed by atoms with E-state index in [2.05, 4.69) is 9.97 Å². The summed E-state index contributed by atoms with van der Waals surface area (Å²) in [5, 5.41) is 0. The molecule has 0 spiro atoms. The Morgan fingerprint density at radius 3 is 1.77 bits per heavy atom. The summed E-state index contributed by atoms with van der Waals surface area (Å²) in [7, 11) is 0. The van der Waals surface area contributed by atoms with Crippen LogP contribution in [0.2, 0.25) is 0 Å². The highest BCUT2D eigenvalue weighted by Crippen LogP contribution is 2.00. The van der Waals surface area contributed by atoms with E-state index >= 15 is 0 Å². The van der Waals surface area contributed by atoms with Gasteiger partial charge in [0.1, 0.15) is 12.7 Å². The van der Waals surface area contributed by atoms with Gasteiger partial charge in [-0.05, 0) is 0 Å². The van der Waals surface area contributed by atoms with Gasteiger partial charge in [-0.2, -0.15) is 0 Å². The minimum absolute atomic E-state index is 0. The minimum Gasteiger partial charge on any atom is -0.567 e. The molecule has 2 aromatic rings. The normalized spacial score (nSPS) is 10.0. The third-order valence-electron chi connectivity index (χ3n) is 1.32. The zero-order valence-corrected chi connectivity index (χ0v) is 8.11. The van der Waals surface area contributed by atoms with Crippen LogP contribution in [-0.2, 0) is 11.5 Å². The minimum atomic E-state index is -1.28. The second kappa shape index (κ2) is 4.31. The molecule has 2 aromatic heterocycles. The maximum Gasteiger partial charge on any atom is 0.208 e. The molecule has 0 N–H and O–H groups in total. The third-order valence-corrected chi connectivity index (χ3v) is 2.47. The van der Waals surface area contributed by atoms with Crippen molar-refractivity contribution in [2.45, 2.75) is 0 Å². The molecule has 0 aromatic carbocycles. The van der Waals surface area contributed by atoms with Gasteiger partial charge < -0.3 is 4.55 Å². The first-order valence-electron chi connectivity index (χ1n) is 3.26. The number of hydrogen-bond donors (Lipinski definition) is 0. The fourth-order valence-electron chi connectivity index (χ4n) is 0.787. The van der Waals surface area contributed by atoms with Gasteiger partial charge in [-0.1, -0.05) is 0 Å². The van der Waals surface area contributed by atoms with E-state index in [1.54, 1.807) is 24.8 Å². The quantitative estimate of drug-likeness (QED) is 0.689. The fourth-order valence-corrected chi connectivity index (χ4v) is 1.59. The van der Waals surface area contributed by atoms with Crippen LogP contribution in [-0.4, -0.2) is 22.5 Å². The van der Waals surface area contributed by atoms with Crippen molar-refractivity contribution < 1.29 is 4.55 Å². The molecule has 13 heavy (non-hydrogen) atoms. The fraction of sp³-hybridized carbons (Fsp3) is 0. The molecule has 2 heterocycles. The summed E-state index contributed by atoms with van der Waals surface area (Å²) in [4.78, 5) is 7.58. The Labute approximate surface area is 84.3 Å². The Morgan fingerprint density at radius 2 is 1.46 bits per heavy atom. The van der Waals surface area contributed by atoms with Crippen LogP contribution in [0.4, 0.5) is 0 Å². The highest BCUT2D eigenvalue weighted by atomic mass is 35.5. The predicted octanol–water partition coefficient (Wildman–Crippen LogP) is 0.476. The zero-order chi connectivity index (χ0) is 8.39. The Bertz CT molecular complexity index is 301. The van der Waals surface area contributed by atoms with Crippen molar-refractivity contribution in [3.05, 3.63) is 37.4 Å². The lowest BCUT2D eigenvalue weighted by atomic mass is 11.0. The van der Waals surface area contributed by atoms with E-state index in [9.17, 15) is 4.55 Å². The molecular weight excluding hydrogens is 212 g/mol. The third kappa shape index (κ3) is 2.03. The Balaban J connectivity index is 0.000000845. The molecule has 7 heteroatoms. The van der Waals surface area contributed by atoms with E-state index in [4.69, 9.17) is 0 Å². The van der Waals surface area contributed by atoms with Crippen molar-refractivity contribution in [3.8, 4) is 0 Å². The maximum atomic E-state index is 11.5. The summed E-state index contributed by atoms with van der Waals surface area (Å²) < 4.78 is 14.5. The van der Waals surface area contributed by atoms with E-state index in [1.165, 1.54) is 20.6 Å². The molecule has 0 radical (unpaired) electrons. The summed E-state index contributed by atoms with van der Waals surface area (Å²) in [6, 6.07) is 0. The standard InChI is InChI=1S/C6H6N4OS.ClH/c11-12(9-3-1-7-5-9)10-4-2-8-6-10;/h1-6H;1H. The van der Waals surface area contributed by atoms with Gasteiger partial charge in [0.15, 0.2) is 0 Å². The Hall–Kier alpha value is -0.980. The molecule has 0 aliphatic rings. The predicted molar refractivity (Wildman–Crippen MR) is 50.6 cm³/mol. The van der Waals surface area contributed by atoms with E-state index in [1.807, 2.05) is 0 Å². The average Bonchev–Trinajstić information content (AvgIpc) is 2.77. The maximum absolute atomic E-state index is 11.5. The molecule has 0 aliphatic carbocycles. The van der Waals surface area contributed by atoms with Gasteiger partial charge in [0.2, 0.25) is 11.5 Å². The van der Waals surface area contributed by atoms with E-state index in [0.717, 1.165) is 0 Å². The van der Waals surface area contributed by atoms with Crippen LogP contribution in [0.1, 0.15) is 0 Å². The molecule has 0 fully saturated rings. The highest BCUT2D eigenvalue weighted by molar-refractivity contribution is 7.88. The number of hydrogen-bond acceptors (Lipinski definition) is 3. The van der Waals surface area contributed by atoms with Gasteiger partial charge in [-0.25, -0.2) is 9.97 Å². The first kappa shape index (κ1) is 10.1. The Morgan fingerprint density at radius 1 is 1.00 bits per heavy atom. The largest absolute Gasteiger partial charge is 0.567 e. The number of imidazole rings is 2. The number of nitrogens with zero attached hydrogens (tertiary/aromatic N) is 4. The zero-order valence-electron chi connectivity index (χ0n) is 6.48. The smallest absolute Gasteiger partial charge is 0.208 e. The highest BCUT2D eigenvalue weighted by Gasteiger charge is 2.10. The number of aromatic nitrogens is 4. The van der Waals surface area contributed by atoms with Gasteiger partial charge in [0, 0.05) is 12.4 Å². The van der Waals surface area contributed by atoms with Crippen molar-refractivity contribution in [1.82, 2.24) is 17.9 Å². The van der Waals surface area contributed by atoms with Gasteiger partial charge in [0.25, 0.3) is 0 Å². The van der Waals surface area contributed by atoms with Crippen LogP contribution in [0.25, 0.3) is 0 Å². The van der Waals surface area contributed by atoms with E-state index in [0.29, 0.717) is 0 Å². The first-order chi connectivity index (χ1) is 5.88. The van der Waals surface area contributed by atoms with Crippen molar-refractivity contribution in [2.75, 3.05) is 0 Å². The van der Waals surface area contributed by atoms with Gasteiger partial charge >= 0.3 is 0 Å². The molecular formula is C6H7ClN4OS. The second-order valence-corrected chi connectivity index (χ2v) is 3.38. The van der Waals surface area contributed by atoms with Crippen molar-refractivity contribution in [2.24, 2.45) is 0 Å². The SMILES string of the molecule is Cl.[O-][S+](n1ccnc1)n1ccnc1. The molecule has 70 valence electrons. The van der Waals surface area contributed by atoms with Crippen LogP contribution in [0.5, 0.6) is 0 Å². The van der Waals surface area contributed by atoms with Crippen LogP contribution >= 0.6 is 12.4 Å². The van der Waals surface area contributed by atoms with Gasteiger partial charge in [-0.3, -0.25) is 0 Å². The molecule has 0 unspecified atom stereocenters. The van der Waals surface area contributed by atoms with Gasteiger partial charge in [-0.15, -0.1) is 20.4 Å². The monoisotopic (exact) mass is 218 g/mol. The molecule has 0 bridgehead atoms. The summed E-state index contributed by atoms with van der Waals surface area (Å²) in [5.74, 6) is 0. The number of rotatable bonds is 2. The van der Waals surface area contributed by atoms with Crippen molar-refractivity contribution in [3.63, 3.8) is 0 Å². The van der Waals surface area contributed by atoms with Crippen LogP contribution < -0.4 is 0 Å². The van der Waals surface area contributed by atoms with E-state index < -0.39 is 11.5 Å². The summed E-state index contributed by atoms with van der Waals surface area (Å²) >= 11 is -1.28. The first-order valence-corrected chi connectivity index (χ1v) is 4.33. The van der Waals surface area contributed by atoms with Crippen LogP contribution in [0.15, 0.2) is 37.4 Å². The summed E-state index contributed by atoms with van der Waals surface area (Å²) in [6.07, 6.45) is 9.42. The van der Waals surface area contributed by atoms with Crippen molar-refractivity contribution >= 4 is 24.0 Å². The van der Waals surface area contributed by atoms with Crippen molar-refractivity contribution in [1.29, 1.82) is 0 Å². The molecule has 2 rings (SSSR count). The lowest BCUT2D eigenvalue weighted by Gasteiger charge is -2.07. The molecule has 0 amide bonds. The second-order valence-electron chi connectivity index (χ2n) is 2.08. The van der Waals surface area contributed by atoms with Crippen LogP contribution in [0.3, 0.4) is 0 Å². The van der Waals surface area contributed by atoms with Gasteiger partial charge in [0.05, 0.1) is 12.4 Å². The molecule has 5 nitrogen and oxygen atoms in total. The molecule has 0 aliphatic heterocycles. The van der Waals surface area contributed by atoms with E-state index in [-0.39, 0.29) is 12.4 Å². The number of halogens is 1. The molecule has 0 saturated heterocycles. The van der Waals surface area contributed by atoms with Crippen LogP contribution in [0, 0.1) is 0 Å². The molecule has 0 saturated carbocycles. The summed E-state index contributed by atoms with van der Waals surface area (Å²) in [5.41, 5.74) is 0. The lowest BCUT2D eigenvalue weighted by molar-refractivity contribution is 0.577. The Kier molecular flexibility index (Phi) is 3.35. The lowest BCUT2D eigenvalue weighted by Crippen LogP contribution is -2.18. The average molecular weight is 219 g/mol. The summed E-state index contributed by atoms with van der Waals surface area (Å²) in [6.45, 7) is 0. The topological polar surface area (TPSA) is 58.7 Å². The molecule has 0 atom stereocenters.